The van der Waals surface area contributed by atoms with Gasteiger partial charge < -0.3 is 4.57 Å². The number of nitrogens with zero attached hydrogens (tertiary/aromatic N) is 5. The Morgan fingerprint density at radius 2 is 0.935 bits per heavy atom. The molecule has 0 fully saturated rings. The Labute approximate surface area is 267 Å². The summed E-state index contributed by atoms with van der Waals surface area (Å²) in [5, 5.41) is 44.1. The molecule has 46 heavy (non-hydrogen) atoms. The van der Waals surface area contributed by atoms with Crippen molar-refractivity contribution in [2.24, 2.45) is 0 Å². The first-order valence-corrected chi connectivity index (χ1v) is 15.3. The van der Waals surface area contributed by atoms with Gasteiger partial charge in [-0.1, -0.05) is 54.6 Å². The lowest BCUT2D eigenvalue weighted by Crippen LogP contribution is -1.96. The third-order valence-corrected chi connectivity index (χ3v) is 9.73. The zero-order valence-electron chi connectivity index (χ0n) is 24.1. The number of hydrogen-bond donors (Lipinski definition) is 0. The molecular formula is C40H19N5S. The summed E-state index contributed by atoms with van der Waals surface area (Å²) in [5.41, 5.74) is 7.28. The fourth-order valence-corrected chi connectivity index (χ4v) is 7.65. The van der Waals surface area contributed by atoms with E-state index in [-0.39, 0.29) is 0 Å². The Hall–Kier alpha value is -6.70. The molecule has 2 heterocycles. The summed E-state index contributed by atoms with van der Waals surface area (Å²) in [6.07, 6.45) is 0. The van der Waals surface area contributed by atoms with Crippen LogP contribution < -0.4 is 0 Å². The van der Waals surface area contributed by atoms with Gasteiger partial charge in [0.2, 0.25) is 0 Å². The van der Waals surface area contributed by atoms with Gasteiger partial charge in [0.15, 0.2) is 0 Å². The van der Waals surface area contributed by atoms with Crippen LogP contribution in [0.25, 0.3) is 69.9 Å². The first-order valence-electron chi connectivity index (χ1n) is 14.5. The van der Waals surface area contributed by atoms with E-state index in [2.05, 4.69) is 71.3 Å². The van der Waals surface area contributed by atoms with Crippen molar-refractivity contribution in [2.75, 3.05) is 0 Å². The molecule has 0 atom stereocenters. The standard InChI is InChI=1S/C40H19N5S/c41-20-26-5-3-6-27(21-42)39(26)24-11-14-31-32-15-12-25(40-28(22-43)7-4-8-29(40)23-44)18-36(32)45(35(31)17-24)30-13-16-38-34(19-30)33-9-1-2-10-37(33)46-38/h1-19H. The van der Waals surface area contributed by atoms with Crippen molar-refractivity contribution in [3.8, 4) is 52.2 Å². The van der Waals surface area contributed by atoms with Crippen molar-refractivity contribution in [3.63, 3.8) is 0 Å². The highest BCUT2D eigenvalue weighted by Crippen LogP contribution is 2.41. The van der Waals surface area contributed by atoms with Crippen LogP contribution in [0.3, 0.4) is 0 Å². The second kappa shape index (κ2) is 10.5. The average Bonchev–Trinajstić information content (AvgIpc) is 3.65. The maximum Gasteiger partial charge on any atom is 0.0998 e. The smallest absolute Gasteiger partial charge is 0.0998 e. The predicted octanol–water partition coefficient (Wildman–Crippen LogP) is 9.97. The monoisotopic (exact) mass is 601 g/mol. The molecule has 5 nitrogen and oxygen atoms in total. The molecule has 8 aromatic rings. The topological polar surface area (TPSA) is 100 Å². The van der Waals surface area contributed by atoms with E-state index in [1.54, 1.807) is 47.7 Å². The molecule has 0 unspecified atom stereocenters. The van der Waals surface area contributed by atoms with E-state index in [1.807, 2.05) is 36.4 Å². The Bertz CT molecular complexity index is 2560. The van der Waals surface area contributed by atoms with Gasteiger partial charge >= 0.3 is 0 Å². The fourth-order valence-electron chi connectivity index (χ4n) is 6.56. The summed E-state index contributed by atoms with van der Waals surface area (Å²) in [4.78, 5) is 0. The zero-order chi connectivity index (χ0) is 31.4. The quantitative estimate of drug-likeness (QED) is 0.201. The molecule has 0 saturated carbocycles. The van der Waals surface area contributed by atoms with Gasteiger partial charge in [0.1, 0.15) is 0 Å². The molecule has 0 aliphatic carbocycles. The highest BCUT2D eigenvalue weighted by atomic mass is 32.1. The molecule has 2 aromatic heterocycles. The summed E-state index contributed by atoms with van der Waals surface area (Å²) >= 11 is 1.76. The maximum absolute atomic E-state index is 9.94. The van der Waals surface area contributed by atoms with E-state index >= 15 is 0 Å². The molecule has 0 N–H and O–H groups in total. The molecule has 0 aliphatic rings. The average molecular weight is 602 g/mol. The van der Waals surface area contributed by atoms with Crippen molar-refractivity contribution in [2.45, 2.75) is 0 Å². The van der Waals surface area contributed by atoms with Crippen molar-refractivity contribution >= 4 is 53.3 Å². The molecular weight excluding hydrogens is 583 g/mol. The first-order chi connectivity index (χ1) is 22.6. The Kier molecular flexibility index (Phi) is 6.13. The minimum Gasteiger partial charge on any atom is -0.309 e. The predicted molar refractivity (Wildman–Crippen MR) is 183 cm³/mol. The molecule has 0 radical (unpaired) electrons. The van der Waals surface area contributed by atoms with Gasteiger partial charge in [0, 0.05) is 47.8 Å². The summed E-state index contributed by atoms with van der Waals surface area (Å²) < 4.78 is 4.61. The number of benzene rings is 6. The van der Waals surface area contributed by atoms with E-state index < -0.39 is 0 Å². The SMILES string of the molecule is N#Cc1cccc(C#N)c1-c1ccc2c3ccc(-c4c(C#N)cccc4C#N)cc3n(-c3ccc4sc5ccccc5c4c3)c2c1. The molecule has 0 spiro atoms. The zero-order valence-corrected chi connectivity index (χ0v) is 24.9. The molecule has 0 aliphatic heterocycles. The van der Waals surface area contributed by atoms with Gasteiger partial charge in [-0.05, 0) is 71.8 Å². The minimum absolute atomic E-state index is 0.437. The molecule has 0 saturated heterocycles. The molecule has 0 bridgehead atoms. The van der Waals surface area contributed by atoms with Gasteiger partial charge in [0.05, 0.1) is 57.6 Å². The van der Waals surface area contributed by atoms with E-state index in [9.17, 15) is 21.0 Å². The van der Waals surface area contributed by atoms with E-state index in [0.29, 0.717) is 33.4 Å². The number of nitriles is 4. The minimum atomic E-state index is 0.437. The van der Waals surface area contributed by atoms with Crippen LogP contribution in [-0.4, -0.2) is 4.57 Å². The number of aromatic nitrogens is 1. The van der Waals surface area contributed by atoms with Crippen molar-refractivity contribution in [3.05, 3.63) is 138 Å². The van der Waals surface area contributed by atoms with Crippen LogP contribution in [0.2, 0.25) is 0 Å². The lowest BCUT2D eigenvalue weighted by molar-refractivity contribution is 1.19. The van der Waals surface area contributed by atoms with E-state index in [1.165, 1.54) is 14.8 Å². The van der Waals surface area contributed by atoms with Crippen molar-refractivity contribution < 1.29 is 0 Å². The molecule has 6 heteroatoms. The van der Waals surface area contributed by atoms with Crippen molar-refractivity contribution in [1.82, 2.24) is 4.57 Å². The number of thiophene rings is 1. The Morgan fingerprint density at radius 3 is 1.46 bits per heavy atom. The lowest BCUT2D eigenvalue weighted by atomic mass is 9.94. The number of fused-ring (bicyclic) bond motifs is 6. The molecule has 210 valence electrons. The van der Waals surface area contributed by atoms with Crippen LogP contribution in [0, 0.1) is 45.3 Å². The normalized spacial score (nSPS) is 11.0. The summed E-state index contributed by atoms with van der Waals surface area (Å²) in [5.74, 6) is 0. The second-order valence-corrected chi connectivity index (χ2v) is 12.1. The van der Waals surface area contributed by atoms with E-state index in [4.69, 9.17) is 0 Å². The molecule has 0 amide bonds. The third-order valence-electron chi connectivity index (χ3n) is 8.57. The van der Waals surface area contributed by atoms with Crippen LogP contribution in [0.15, 0.2) is 115 Å². The van der Waals surface area contributed by atoms with Gasteiger partial charge in [-0.25, -0.2) is 0 Å². The van der Waals surface area contributed by atoms with Crippen molar-refractivity contribution in [1.29, 1.82) is 21.0 Å². The third kappa shape index (κ3) is 3.97. The summed E-state index contributed by atoms with van der Waals surface area (Å²) in [7, 11) is 0. The molecule has 8 rings (SSSR count). The van der Waals surface area contributed by atoms with Crippen LogP contribution >= 0.6 is 11.3 Å². The second-order valence-electron chi connectivity index (χ2n) is 11.0. The van der Waals surface area contributed by atoms with Crippen LogP contribution in [0.1, 0.15) is 22.3 Å². The van der Waals surface area contributed by atoms with Crippen LogP contribution in [0.4, 0.5) is 0 Å². The first kappa shape index (κ1) is 26.9. The van der Waals surface area contributed by atoms with E-state index in [0.717, 1.165) is 44.0 Å². The van der Waals surface area contributed by atoms with Gasteiger partial charge in [-0.15, -0.1) is 11.3 Å². The lowest BCUT2D eigenvalue weighted by Gasteiger charge is -2.12. The molecule has 6 aromatic carbocycles. The summed E-state index contributed by atoms with van der Waals surface area (Å²) in [6.45, 7) is 0. The van der Waals surface area contributed by atoms with Gasteiger partial charge in [-0.3, -0.25) is 0 Å². The van der Waals surface area contributed by atoms with Gasteiger partial charge in [0.25, 0.3) is 0 Å². The number of rotatable bonds is 3. The number of hydrogen-bond acceptors (Lipinski definition) is 5. The van der Waals surface area contributed by atoms with Gasteiger partial charge in [-0.2, -0.15) is 21.0 Å². The fraction of sp³-hybridized carbons (Fsp3) is 0. The Morgan fingerprint density at radius 1 is 0.435 bits per heavy atom. The Balaban J connectivity index is 1.49. The highest BCUT2D eigenvalue weighted by molar-refractivity contribution is 7.25. The maximum atomic E-state index is 9.94. The van der Waals surface area contributed by atoms with Crippen LogP contribution in [0.5, 0.6) is 0 Å². The van der Waals surface area contributed by atoms with Crippen LogP contribution in [-0.2, 0) is 0 Å². The largest absolute Gasteiger partial charge is 0.309 e. The highest BCUT2D eigenvalue weighted by Gasteiger charge is 2.19. The summed E-state index contributed by atoms with van der Waals surface area (Å²) in [6, 6.07) is 46.4.